The van der Waals surface area contributed by atoms with E-state index in [1.165, 1.54) is 12.8 Å². The highest BCUT2D eigenvalue weighted by atomic mass is 16.1. The molecular formula is C18H21N3O. The maximum absolute atomic E-state index is 12.5. The molecule has 4 heteroatoms. The molecule has 4 nitrogen and oxygen atoms in total. The number of amides is 1. The van der Waals surface area contributed by atoms with Crippen LogP contribution in [0, 0.1) is 5.92 Å². The Morgan fingerprint density at radius 1 is 1.27 bits per heavy atom. The van der Waals surface area contributed by atoms with Gasteiger partial charge in [-0.05, 0) is 49.4 Å². The summed E-state index contributed by atoms with van der Waals surface area (Å²) in [7, 11) is 0. The zero-order valence-electron chi connectivity index (χ0n) is 12.8. The Morgan fingerprint density at radius 3 is 2.82 bits per heavy atom. The number of hydrogen-bond acceptors (Lipinski definition) is 3. The first-order chi connectivity index (χ1) is 10.7. The fourth-order valence-electron chi connectivity index (χ4n) is 2.53. The van der Waals surface area contributed by atoms with Crippen LogP contribution in [0.1, 0.15) is 35.7 Å². The SMILES string of the molecule is CC(NC(=O)c1ccccc1NCc1cccnc1)C1CC1. The maximum Gasteiger partial charge on any atom is 0.253 e. The van der Waals surface area contributed by atoms with Crippen molar-refractivity contribution in [3.8, 4) is 0 Å². The zero-order valence-corrected chi connectivity index (χ0v) is 12.8. The molecule has 114 valence electrons. The Balaban J connectivity index is 1.67. The lowest BCUT2D eigenvalue weighted by Crippen LogP contribution is -2.34. The number of aromatic nitrogens is 1. The lowest BCUT2D eigenvalue weighted by molar-refractivity contribution is 0.0936. The minimum atomic E-state index is -0.00585. The Bertz CT molecular complexity index is 638. The van der Waals surface area contributed by atoms with Gasteiger partial charge in [0, 0.05) is 30.7 Å². The predicted octanol–water partition coefficient (Wildman–Crippen LogP) is 3.22. The lowest BCUT2D eigenvalue weighted by atomic mass is 10.1. The van der Waals surface area contributed by atoms with Crippen LogP contribution in [0.2, 0.25) is 0 Å². The largest absolute Gasteiger partial charge is 0.380 e. The second-order valence-corrected chi connectivity index (χ2v) is 5.86. The number of pyridine rings is 1. The van der Waals surface area contributed by atoms with E-state index in [0.29, 0.717) is 18.0 Å². The van der Waals surface area contributed by atoms with Crippen LogP contribution >= 0.6 is 0 Å². The average Bonchev–Trinajstić information content (AvgIpc) is 3.39. The van der Waals surface area contributed by atoms with Crippen molar-refractivity contribution < 1.29 is 4.79 Å². The van der Waals surface area contributed by atoms with Gasteiger partial charge in [-0.15, -0.1) is 0 Å². The van der Waals surface area contributed by atoms with E-state index < -0.39 is 0 Å². The van der Waals surface area contributed by atoms with Gasteiger partial charge in [0.15, 0.2) is 0 Å². The molecule has 1 atom stereocenters. The van der Waals surface area contributed by atoms with E-state index >= 15 is 0 Å². The molecule has 1 heterocycles. The molecule has 1 fully saturated rings. The first-order valence-electron chi connectivity index (χ1n) is 7.76. The highest BCUT2D eigenvalue weighted by molar-refractivity contribution is 5.99. The Labute approximate surface area is 131 Å². The third-order valence-corrected chi connectivity index (χ3v) is 4.07. The van der Waals surface area contributed by atoms with Gasteiger partial charge >= 0.3 is 0 Å². The molecule has 1 aromatic carbocycles. The van der Waals surface area contributed by atoms with E-state index in [0.717, 1.165) is 11.3 Å². The van der Waals surface area contributed by atoms with Crippen LogP contribution in [-0.4, -0.2) is 16.9 Å². The molecule has 0 radical (unpaired) electrons. The predicted molar refractivity (Wildman–Crippen MR) is 87.7 cm³/mol. The number of benzene rings is 1. The van der Waals surface area contributed by atoms with Crippen LogP contribution in [0.3, 0.4) is 0 Å². The van der Waals surface area contributed by atoms with Crippen molar-refractivity contribution in [1.29, 1.82) is 0 Å². The highest BCUT2D eigenvalue weighted by Crippen LogP contribution is 2.32. The standard InChI is InChI=1S/C18H21N3O/c1-13(15-8-9-15)21-18(22)16-6-2-3-7-17(16)20-12-14-5-4-10-19-11-14/h2-7,10-11,13,15,20H,8-9,12H2,1H3,(H,21,22). The molecular weight excluding hydrogens is 274 g/mol. The molecule has 0 aliphatic heterocycles. The quantitative estimate of drug-likeness (QED) is 0.860. The maximum atomic E-state index is 12.5. The number of para-hydroxylation sites is 1. The molecule has 2 N–H and O–H groups in total. The summed E-state index contributed by atoms with van der Waals surface area (Å²) in [5.41, 5.74) is 2.63. The van der Waals surface area contributed by atoms with Crippen molar-refractivity contribution in [2.45, 2.75) is 32.4 Å². The van der Waals surface area contributed by atoms with Crippen molar-refractivity contribution in [2.75, 3.05) is 5.32 Å². The lowest BCUT2D eigenvalue weighted by Gasteiger charge is -2.16. The van der Waals surface area contributed by atoms with Crippen LogP contribution in [0.5, 0.6) is 0 Å². The van der Waals surface area contributed by atoms with Gasteiger partial charge in [0.05, 0.1) is 5.56 Å². The van der Waals surface area contributed by atoms with Crippen LogP contribution < -0.4 is 10.6 Å². The van der Waals surface area contributed by atoms with Crippen LogP contribution in [0.15, 0.2) is 48.8 Å². The smallest absolute Gasteiger partial charge is 0.253 e. The number of carbonyl (C=O) groups is 1. The number of rotatable bonds is 6. The number of nitrogens with one attached hydrogen (secondary N) is 2. The van der Waals surface area contributed by atoms with Crippen molar-refractivity contribution >= 4 is 11.6 Å². The van der Waals surface area contributed by atoms with Gasteiger partial charge in [0.1, 0.15) is 0 Å². The summed E-state index contributed by atoms with van der Waals surface area (Å²) in [5.74, 6) is 0.646. The number of anilines is 1. The minimum absolute atomic E-state index is 0.00585. The number of nitrogens with zero attached hydrogens (tertiary/aromatic N) is 1. The third-order valence-electron chi connectivity index (χ3n) is 4.07. The Morgan fingerprint density at radius 2 is 2.09 bits per heavy atom. The van der Waals surface area contributed by atoms with E-state index in [1.807, 2.05) is 42.6 Å². The van der Waals surface area contributed by atoms with Crippen molar-refractivity contribution in [3.05, 3.63) is 59.9 Å². The van der Waals surface area contributed by atoms with Gasteiger partial charge in [0.2, 0.25) is 0 Å². The summed E-state index contributed by atoms with van der Waals surface area (Å²) in [4.78, 5) is 16.6. The molecule has 1 aliphatic rings. The topological polar surface area (TPSA) is 54.0 Å². The fourth-order valence-corrected chi connectivity index (χ4v) is 2.53. The summed E-state index contributed by atoms with van der Waals surface area (Å²) < 4.78 is 0. The molecule has 0 saturated heterocycles. The van der Waals surface area contributed by atoms with E-state index in [-0.39, 0.29) is 11.9 Å². The first kappa shape index (κ1) is 14.6. The Kier molecular flexibility index (Phi) is 4.37. The fraction of sp³-hybridized carbons (Fsp3) is 0.333. The number of hydrogen-bond donors (Lipinski definition) is 2. The summed E-state index contributed by atoms with van der Waals surface area (Å²) in [6.07, 6.45) is 6.03. The Hall–Kier alpha value is -2.36. The zero-order chi connectivity index (χ0) is 15.4. The number of carbonyl (C=O) groups excluding carboxylic acids is 1. The monoisotopic (exact) mass is 295 g/mol. The summed E-state index contributed by atoms with van der Waals surface area (Å²) in [6, 6.07) is 11.8. The van der Waals surface area contributed by atoms with E-state index in [9.17, 15) is 4.79 Å². The van der Waals surface area contributed by atoms with Gasteiger partial charge in [0.25, 0.3) is 5.91 Å². The highest BCUT2D eigenvalue weighted by Gasteiger charge is 2.29. The van der Waals surface area contributed by atoms with Crippen LogP contribution in [0.4, 0.5) is 5.69 Å². The van der Waals surface area contributed by atoms with Crippen molar-refractivity contribution in [2.24, 2.45) is 5.92 Å². The minimum Gasteiger partial charge on any atom is -0.380 e. The van der Waals surface area contributed by atoms with Gasteiger partial charge in [-0.3, -0.25) is 9.78 Å². The first-order valence-corrected chi connectivity index (χ1v) is 7.76. The van der Waals surface area contributed by atoms with E-state index in [1.54, 1.807) is 6.20 Å². The van der Waals surface area contributed by atoms with Gasteiger partial charge < -0.3 is 10.6 Å². The molecule has 22 heavy (non-hydrogen) atoms. The normalized spacial score (nSPS) is 15.1. The van der Waals surface area contributed by atoms with Crippen LogP contribution in [-0.2, 0) is 6.54 Å². The molecule has 1 amide bonds. The summed E-state index contributed by atoms with van der Waals surface area (Å²) in [5, 5.41) is 6.43. The summed E-state index contributed by atoms with van der Waals surface area (Å²) in [6.45, 7) is 2.73. The van der Waals surface area contributed by atoms with E-state index in [2.05, 4.69) is 22.5 Å². The molecule has 2 aromatic rings. The van der Waals surface area contributed by atoms with Gasteiger partial charge in [-0.2, -0.15) is 0 Å². The van der Waals surface area contributed by atoms with Crippen molar-refractivity contribution in [3.63, 3.8) is 0 Å². The van der Waals surface area contributed by atoms with Gasteiger partial charge in [-0.1, -0.05) is 18.2 Å². The molecule has 1 saturated carbocycles. The van der Waals surface area contributed by atoms with E-state index in [4.69, 9.17) is 0 Å². The molecule has 1 aromatic heterocycles. The molecule has 1 aliphatic carbocycles. The molecule has 3 rings (SSSR count). The summed E-state index contributed by atoms with van der Waals surface area (Å²) >= 11 is 0. The average molecular weight is 295 g/mol. The molecule has 1 unspecified atom stereocenters. The second kappa shape index (κ2) is 6.60. The third kappa shape index (κ3) is 3.64. The molecule has 0 spiro atoms. The second-order valence-electron chi connectivity index (χ2n) is 5.86. The van der Waals surface area contributed by atoms with Gasteiger partial charge in [-0.25, -0.2) is 0 Å². The van der Waals surface area contributed by atoms with Crippen LogP contribution in [0.25, 0.3) is 0 Å². The molecule has 0 bridgehead atoms. The van der Waals surface area contributed by atoms with Crippen molar-refractivity contribution in [1.82, 2.24) is 10.3 Å².